The number of nitrogens with one attached hydrogen (secondary N) is 2. The van der Waals surface area contributed by atoms with Crippen LogP contribution in [-0.2, 0) is 0 Å². The predicted molar refractivity (Wildman–Crippen MR) is 63.8 cm³/mol. The first-order valence-electron chi connectivity index (χ1n) is 4.52. The number of benzene rings is 1. The summed E-state index contributed by atoms with van der Waals surface area (Å²) in [5.41, 5.74) is 0.430. The first kappa shape index (κ1) is 12.1. The van der Waals surface area contributed by atoms with E-state index in [0.717, 1.165) is 0 Å². The third-order valence-electron chi connectivity index (χ3n) is 1.62. The molecular weight excluding hydrogens is 235 g/mol. The molecule has 5 heteroatoms. The highest BCUT2D eigenvalue weighted by Gasteiger charge is 2.09. The van der Waals surface area contributed by atoms with Crippen molar-refractivity contribution in [2.75, 3.05) is 5.32 Å². The van der Waals surface area contributed by atoms with Crippen molar-refractivity contribution in [3.8, 4) is 0 Å². The Morgan fingerprint density at radius 2 is 1.80 bits per heavy atom. The third-order valence-corrected chi connectivity index (χ3v) is 2.25. The highest BCUT2D eigenvalue weighted by molar-refractivity contribution is 6.39. The normalized spacial score (nSPS) is 10.2. The molecule has 0 atom stereocenters. The van der Waals surface area contributed by atoms with Gasteiger partial charge in [0.15, 0.2) is 0 Å². The molecule has 0 bridgehead atoms. The third kappa shape index (κ3) is 3.61. The van der Waals surface area contributed by atoms with Gasteiger partial charge in [-0.2, -0.15) is 0 Å². The molecule has 0 radical (unpaired) electrons. The number of urea groups is 1. The van der Waals surface area contributed by atoms with E-state index < -0.39 is 0 Å². The second-order valence-electron chi connectivity index (χ2n) is 3.35. The lowest BCUT2D eigenvalue weighted by molar-refractivity contribution is 0.250. The molecule has 0 aliphatic rings. The lowest BCUT2D eigenvalue weighted by Crippen LogP contribution is -2.34. The van der Waals surface area contributed by atoms with Crippen LogP contribution in [0.1, 0.15) is 13.8 Å². The molecule has 0 aliphatic carbocycles. The molecule has 0 spiro atoms. The molecule has 3 nitrogen and oxygen atoms in total. The molecule has 1 rings (SSSR count). The summed E-state index contributed by atoms with van der Waals surface area (Å²) in [6.07, 6.45) is 0. The molecule has 0 heterocycles. The maximum atomic E-state index is 11.4. The Morgan fingerprint density at radius 1 is 1.27 bits per heavy atom. The van der Waals surface area contributed by atoms with Crippen LogP contribution in [0.3, 0.4) is 0 Å². The van der Waals surface area contributed by atoms with Gasteiger partial charge in [-0.05, 0) is 26.0 Å². The van der Waals surface area contributed by atoms with E-state index >= 15 is 0 Å². The number of para-hydroxylation sites is 1. The molecule has 2 N–H and O–H groups in total. The summed E-state index contributed by atoms with van der Waals surface area (Å²) in [4.78, 5) is 11.4. The summed E-state index contributed by atoms with van der Waals surface area (Å²) in [5.74, 6) is 0. The van der Waals surface area contributed by atoms with Gasteiger partial charge >= 0.3 is 6.03 Å². The average molecular weight is 247 g/mol. The van der Waals surface area contributed by atoms with Gasteiger partial charge in [-0.1, -0.05) is 29.3 Å². The van der Waals surface area contributed by atoms with E-state index in [1.54, 1.807) is 18.2 Å². The van der Waals surface area contributed by atoms with Crippen molar-refractivity contribution in [3.05, 3.63) is 28.2 Å². The van der Waals surface area contributed by atoms with Gasteiger partial charge in [-0.25, -0.2) is 4.79 Å². The first-order chi connectivity index (χ1) is 7.00. The van der Waals surface area contributed by atoms with Crippen LogP contribution in [0, 0.1) is 0 Å². The summed E-state index contributed by atoms with van der Waals surface area (Å²) in [7, 11) is 0. The molecular formula is C10H12Cl2N2O. The zero-order chi connectivity index (χ0) is 11.4. The van der Waals surface area contributed by atoms with Gasteiger partial charge < -0.3 is 10.6 Å². The Kier molecular flexibility index (Phi) is 4.24. The van der Waals surface area contributed by atoms with Gasteiger partial charge in [0.25, 0.3) is 0 Å². The minimum absolute atomic E-state index is 0.0614. The molecule has 0 saturated carbocycles. The van der Waals surface area contributed by atoms with Gasteiger partial charge in [0, 0.05) is 6.04 Å². The summed E-state index contributed by atoms with van der Waals surface area (Å²) in [6, 6.07) is 4.79. The minimum Gasteiger partial charge on any atom is -0.336 e. The smallest absolute Gasteiger partial charge is 0.319 e. The van der Waals surface area contributed by atoms with E-state index in [-0.39, 0.29) is 12.1 Å². The van der Waals surface area contributed by atoms with Gasteiger partial charge in [0.1, 0.15) is 0 Å². The Labute approximate surface area is 98.8 Å². The van der Waals surface area contributed by atoms with Crippen LogP contribution < -0.4 is 10.6 Å². The highest BCUT2D eigenvalue weighted by Crippen LogP contribution is 2.29. The largest absolute Gasteiger partial charge is 0.336 e. The number of carbonyl (C=O) groups excluding carboxylic acids is 1. The number of rotatable bonds is 2. The predicted octanol–water partition coefficient (Wildman–Crippen LogP) is 3.52. The number of carbonyl (C=O) groups is 1. The number of hydrogen-bond donors (Lipinski definition) is 2. The molecule has 0 aliphatic heterocycles. The van der Waals surface area contributed by atoms with Crippen LogP contribution in [0.2, 0.25) is 10.0 Å². The number of hydrogen-bond acceptors (Lipinski definition) is 1. The number of amides is 2. The van der Waals surface area contributed by atoms with Crippen molar-refractivity contribution in [1.29, 1.82) is 0 Å². The summed E-state index contributed by atoms with van der Waals surface area (Å²) < 4.78 is 0. The highest BCUT2D eigenvalue weighted by atomic mass is 35.5. The topological polar surface area (TPSA) is 41.1 Å². The van der Waals surface area contributed by atoms with E-state index in [0.29, 0.717) is 15.7 Å². The van der Waals surface area contributed by atoms with Crippen molar-refractivity contribution in [2.45, 2.75) is 19.9 Å². The Balaban J connectivity index is 2.76. The van der Waals surface area contributed by atoms with E-state index in [1.165, 1.54) is 0 Å². The van der Waals surface area contributed by atoms with Crippen LogP contribution in [0.25, 0.3) is 0 Å². The van der Waals surface area contributed by atoms with Crippen LogP contribution >= 0.6 is 23.2 Å². The summed E-state index contributed by atoms with van der Waals surface area (Å²) in [5, 5.41) is 6.11. The van der Waals surface area contributed by atoms with Gasteiger partial charge in [0.05, 0.1) is 15.7 Å². The second kappa shape index (κ2) is 5.24. The standard InChI is InChI=1S/C10H12Cl2N2O/c1-6(2)13-10(15)14-9-7(11)4-3-5-8(9)12/h3-6H,1-2H3,(H2,13,14,15). The van der Waals surface area contributed by atoms with E-state index in [1.807, 2.05) is 13.8 Å². The van der Waals surface area contributed by atoms with Crippen molar-refractivity contribution < 1.29 is 4.79 Å². The first-order valence-corrected chi connectivity index (χ1v) is 5.28. The molecule has 0 aromatic heterocycles. The second-order valence-corrected chi connectivity index (χ2v) is 4.16. The Morgan fingerprint density at radius 3 is 2.27 bits per heavy atom. The van der Waals surface area contributed by atoms with Crippen LogP contribution in [-0.4, -0.2) is 12.1 Å². The van der Waals surface area contributed by atoms with Gasteiger partial charge in [0.2, 0.25) is 0 Å². The molecule has 2 amide bonds. The van der Waals surface area contributed by atoms with Gasteiger partial charge in [-0.3, -0.25) is 0 Å². The lowest BCUT2D eigenvalue weighted by atomic mass is 10.3. The molecule has 0 unspecified atom stereocenters. The van der Waals surface area contributed by atoms with Crippen LogP contribution in [0.4, 0.5) is 10.5 Å². The van der Waals surface area contributed by atoms with Crippen molar-refractivity contribution in [2.24, 2.45) is 0 Å². The van der Waals surface area contributed by atoms with Gasteiger partial charge in [-0.15, -0.1) is 0 Å². The zero-order valence-electron chi connectivity index (χ0n) is 8.47. The van der Waals surface area contributed by atoms with Crippen LogP contribution in [0.15, 0.2) is 18.2 Å². The molecule has 0 saturated heterocycles. The summed E-state index contributed by atoms with van der Waals surface area (Å²) in [6.45, 7) is 3.74. The van der Waals surface area contributed by atoms with E-state index in [9.17, 15) is 4.79 Å². The van der Waals surface area contributed by atoms with Crippen molar-refractivity contribution in [3.63, 3.8) is 0 Å². The lowest BCUT2D eigenvalue weighted by Gasteiger charge is -2.12. The van der Waals surface area contributed by atoms with Crippen molar-refractivity contribution in [1.82, 2.24) is 5.32 Å². The molecule has 0 fully saturated rings. The number of anilines is 1. The fraction of sp³-hybridized carbons (Fsp3) is 0.300. The quantitative estimate of drug-likeness (QED) is 0.824. The monoisotopic (exact) mass is 246 g/mol. The molecule has 15 heavy (non-hydrogen) atoms. The van der Waals surface area contributed by atoms with E-state index in [4.69, 9.17) is 23.2 Å². The SMILES string of the molecule is CC(C)NC(=O)Nc1c(Cl)cccc1Cl. The minimum atomic E-state index is -0.319. The fourth-order valence-corrected chi connectivity index (χ4v) is 1.52. The fourth-order valence-electron chi connectivity index (χ4n) is 1.03. The molecule has 1 aromatic rings. The molecule has 1 aromatic carbocycles. The Hall–Kier alpha value is -0.930. The summed E-state index contributed by atoms with van der Waals surface area (Å²) >= 11 is 11.8. The zero-order valence-corrected chi connectivity index (χ0v) is 9.99. The maximum Gasteiger partial charge on any atom is 0.319 e. The number of halogens is 2. The van der Waals surface area contributed by atoms with E-state index in [2.05, 4.69) is 10.6 Å². The average Bonchev–Trinajstić information content (AvgIpc) is 2.10. The van der Waals surface area contributed by atoms with Crippen molar-refractivity contribution >= 4 is 34.9 Å². The molecule has 82 valence electrons. The Bertz CT molecular complexity index is 346. The van der Waals surface area contributed by atoms with Crippen LogP contribution in [0.5, 0.6) is 0 Å². The maximum absolute atomic E-state index is 11.4.